The molecule has 27 heavy (non-hydrogen) atoms. The normalized spacial score (nSPS) is 25.7. The Morgan fingerprint density at radius 3 is 2.33 bits per heavy atom. The average molecular weight is 395 g/mol. The second-order valence-electron chi connectivity index (χ2n) is 7.77. The molecule has 6 nitrogen and oxygen atoms in total. The molecule has 1 heterocycles. The first-order chi connectivity index (χ1) is 12.9. The number of amides is 1. The molecule has 1 saturated heterocycles. The Bertz CT molecular complexity index is 747. The van der Waals surface area contributed by atoms with Crippen LogP contribution < -0.4 is 5.32 Å². The first kappa shape index (κ1) is 20.3. The van der Waals surface area contributed by atoms with Crippen molar-refractivity contribution in [2.45, 2.75) is 75.5 Å². The SMILES string of the molecule is C[C@@H]1CN(S(=O)(=O)c2cccc(C(=O)NC3CCCCCC3)c2)C[C@@H](C)O1. The molecule has 1 aromatic carbocycles. The van der Waals surface area contributed by atoms with Gasteiger partial charge in [-0.15, -0.1) is 0 Å². The number of sulfonamides is 1. The lowest BCUT2D eigenvalue weighted by molar-refractivity contribution is -0.0440. The highest BCUT2D eigenvalue weighted by molar-refractivity contribution is 7.89. The number of benzene rings is 1. The van der Waals surface area contributed by atoms with Crippen LogP contribution in [0.4, 0.5) is 0 Å². The molecular formula is C20H30N2O4S. The van der Waals surface area contributed by atoms with Crippen LogP contribution in [0.5, 0.6) is 0 Å². The predicted octanol–water partition coefficient (Wildman–Crippen LogP) is 2.94. The number of nitrogens with zero attached hydrogens (tertiary/aromatic N) is 1. The zero-order chi connectivity index (χ0) is 19.4. The molecule has 3 rings (SSSR count). The van der Waals surface area contributed by atoms with Crippen molar-refractivity contribution < 1.29 is 17.9 Å². The van der Waals surface area contributed by atoms with Crippen molar-refractivity contribution in [3.05, 3.63) is 29.8 Å². The molecule has 7 heteroatoms. The van der Waals surface area contributed by atoms with Crippen molar-refractivity contribution in [3.63, 3.8) is 0 Å². The predicted molar refractivity (Wildman–Crippen MR) is 104 cm³/mol. The highest BCUT2D eigenvalue weighted by Crippen LogP contribution is 2.22. The van der Waals surface area contributed by atoms with Gasteiger partial charge < -0.3 is 10.1 Å². The summed E-state index contributed by atoms with van der Waals surface area (Å²) < 4.78 is 33.1. The van der Waals surface area contributed by atoms with Gasteiger partial charge in [-0.2, -0.15) is 4.31 Å². The largest absolute Gasteiger partial charge is 0.373 e. The van der Waals surface area contributed by atoms with E-state index in [0.717, 1.165) is 25.7 Å². The van der Waals surface area contributed by atoms with E-state index in [1.165, 1.54) is 23.2 Å². The van der Waals surface area contributed by atoms with E-state index >= 15 is 0 Å². The van der Waals surface area contributed by atoms with E-state index in [9.17, 15) is 13.2 Å². The van der Waals surface area contributed by atoms with E-state index in [0.29, 0.717) is 18.7 Å². The Morgan fingerprint density at radius 1 is 1.07 bits per heavy atom. The second-order valence-corrected chi connectivity index (χ2v) is 9.71. The van der Waals surface area contributed by atoms with Crippen LogP contribution >= 0.6 is 0 Å². The molecule has 0 bridgehead atoms. The topological polar surface area (TPSA) is 75.7 Å². The zero-order valence-corrected chi connectivity index (χ0v) is 17.0. The Balaban J connectivity index is 1.75. The molecule has 1 aromatic rings. The van der Waals surface area contributed by atoms with Gasteiger partial charge in [-0.1, -0.05) is 31.7 Å². The number of carbonyl (C=O) groups excluding carboxylic acids is 1. The van der Waals surface area contributed by atoms with Crippen molar-refractivity contribution in [2.24, 2.45) is 0 Å². The number of hydrogen-bond donors (Lipinski definition) is 1. The molecule has 1 aliphatic heterocycles. The summed E-state index contributed by atoms with van der Waals surface area (Å²) in [6.45, 7) is 4.39. The van der Waals surface area contributed by atoms with E-state index in [-0.39, 0.29) is 29.1 Å². The van der Waals surface area contributed by atoms with E-state index in [2.05, 4.69) is 5.32 Å². The summed E-state index contributed by atoms with van der Waals surface area (Å²) in [7, 11) is -3.65. The summed E-state index contributed by atoms with van der Waals surface area (Å²) >= 11 is 0. The summed E-state index contributed by atoms with van der Waals surface area (Å²) in [6, 6.07) is 6.55. The number of ether oxygens (including phenoxy) is 1. The number of rotatable bonds is 4. The molecule has 1 saturated carbocycles. The van der Waals surface area contributed by atoms with Gasteiger partial charge in [-0.3, -0.25) is 4.79 Å². The van der Waals surface area contributed by atoms with Crippen molar-refractivity contribution in [3.8, 4) is 0 Å². The molecule has 2 aliphatic rings. The fourth-order valence-corrected chi connectivity index (χ4v) is 5.60. The maximum atomic E-state index is 13.0. The molecule has 1 N–H and O–H groups in total. The van der Waals surface area contributed by atoms with Crippen molar-refractivity contribution >= 4 is 15.9 Å². The first-order valence-corrected chi connectivity index (χ1v) is 11.4. The Hall–Kier alpha value is -1.44. The number of morpholine rings is 1. The standard InChI is InChI=1S/C20H30N2O4S/c1-15-13-22(14-16(2)26-15)27(24,25)19-11-7-8-17(12-19)20(23)21-18-9-5-3-4-6-10-18/h7-8,11-12,15-16,18H,3-6,9-10,13-14H2,1-2H3,(H,21,23)/t15-,16-/m1/s1. The van der Waals surface area contributed by atoms with Crippen LogP contribution in [0.2, 0.25) is 0 Å². The minimum atomic E-state index is -3.65. The summed E-state index contributed by atoms with van der Waals surface area (Å²) in [6.07, 6.45) is 6.39. The van der Waals surface area contributed by atoms with Crippen LogP contribution in [0.1, 0.15) is 62.7 Å². The minimum Gasteiger partial charge on any atom is -0.373 e. The third-order valence-electron chi connectivity index (χ3n) is 5.31. The minimum absolute atomic E-state index is 0.148. The van der Waals surface area contributed by atoms with Gasteiger partial charge in [-0.05, 0) is 44.9 Å². The number of nitrogens with one attached hydrogen (secondary N) is 1. The van der Waals surface area contributed by atoms with Crippen LogP contribution in [-0.2, 0) is 14.8 Å². The summed E-state index contributed by atoms with van der Waals surface area (Å²) in [5.74, 6) is -0.192. The van der Waals surface area contributed by atoms with Gasteiger partial charge in [0.1, 0.15) is 0 Å². The lowest BCUT2D eigenvalue weighted by Crippen LogP contribution is -2.48. The summed E-state index contributed by atoms with van der Waals surface area (Å²) in [5, 5.41) is 3.08. The van der Waals surface area contributed by atoms with Crippen LogP contribution in [0.3, 0.4) is 0 Å². The molecule has 2 atom stereocenters. The first-order valence-electron chi connectivity index (χ1n) is 9.93. The zero-order valence-electron chi connectivity index (χ0n) is 16.2. The van der Waals surface area contributed by atoms with Gasteiger partial charge in [0.15, 0.2) is 0 Å². The van der Waals surface area contributed by atoms with Crippen molar-refractivity contribution in [1.82, 2.24) is 9.62 Å². The van der Waals surface area contributed by atoms with E-state index in [4.69, 9.17) is 4.74 Å². The highest BCUT2D eigenvalue weighted by atomic mass is 32.2. The lowest BCUT2D eigenvalue weighted by atomic mass is 10.1. The van der Waals surface area contributed by atoms with Crippen molar-refractivity contribution in [2.75, 3.05) is 13.1 Å². The summed E-state index contributed by atoms with van der Waals surface area (Å²) in [4.78, 5) is 12.8. The Labute approximate surface area is 162 Å². The molecule has 0 spiro atoms. The molecule has 2 fully saturated rings. The molecule has 1 amide bonds. The highest BCUT2D eigenvalue weighted by Gasteiger charge is 2.32. The summed E-state index contributed by atoms with van der Waals surface area (Å²) in [5.41, 5.74) is 0.398. The fourth-order valence-electron chi connectivity index (χ4n) is 3.97. The molecular weight excluding hydrogens is 364 g/mol. The quantitative estimate of drug-likeness (QED) is 0.797. The third kappa shape index (κ3) is 5.09. The number of hydrogen-bond acceptors (Lipinski definition) is 4. The van der Waals surface area contributed by atoms with Gasteiger partial charge in [0.2, 0.25) is 10.0 Å². The van der Waals surface area contributed by atoms with Gasteiger partial charge >= 0.3 is 0 Å². The molecule has 1 aliphatic carbocycles. The third-order valence-corrected chi connectivity index (χ3v) is 7.14. The average Bonchev–Trinajstić information content (AvgIpc) is 2.89. The lowest BCUT2D eigenvalue weighted by Gasteiger charge is -2.34. The van der Waals surface area contributed by atoms with Gasteiger partial charge in [0, 0.05) is 24.7 Å². The monoisotopic (exact) mass is 394 g/mol. The van der Waals surface area contributed by atoms with Crippen LogP contribution in [0.15, 0.2) is 29.2 Å². The number of carbonyl (C=O) groups is 1. The fraction of sp³-hybridized carbons (Fsp3) is 0.650. The van der Waals surface area contributed by atoms with Gasteiger partial charge in [-0.25, -0.2) is 8.42 Å². The van der Waals surface area contributed by atoms with E-state index < -0.39 is 10.0 Å². The Kier molecular flexibility index (Phi) is 6.55. The molecule has 0 radical (unpaired) electrons. The van der Waals surface area contributed by atoms with Crippen LogP contribution in [0, 0.1) is 0 Å². The maximum Gasteiger partial charge on any atom is 0.251 e. The maximum absolute atomic E-state index is 13.0. The Morgan fingerprint density at radius 2 is 1.70 bits per heavy atom. The smallest absolute Gasteiger partial charge is 0.251 e. The van der Waals surface area contributed by atoms with Gasteiger partial charge in [0.05, 0.1) is 17.1 Å². The molecule has 150 valence electrons. The second kappa shape index (κ2) is 8.71. The van der Waals surface area contributed by atoms with Gasteiger partial charge in [0.25, 0.3) is 5.91 Å². The van der Waals surface area contributed by atoms with Crippen LogP contribution in [-0.4, -0.2) is 50.0 Å². The van der Waals surface area contributed by atoms with E-state index in [1.54, 1.807) is 18.2 Å². The molecule has 0 unspecified atom stereocenters. The van der Waals surface area contributed by atoms with E-state index in [1.807, 2.05) is 13.8 Å². The van der Waals surface area contributed by atoms with Crippen LogP contribution in [0.25, 0.3) is 0 Å². The molecule has 0 aromatic heterocycles. The van der Waals surface area contributed by atoms with Crippen molar-refractivity contribution in [1.29, 1.82) is 0 Å².